The van der Waals surface area contributed by atoms with Crippen molar-refractivity contribution in [2.75, 3.05) is 5.32 Å². The van der Waals surface area contributed by atoms with Gasteiger partial charge in [0.25, 0.3) is 5.91 Å². The third-order valence-electron chi connectivity index (χ3n) is 4.46. The number of carbonyl (C=O) groups is 1. The highest BCUT2D eigenvalue weighted by molar-refractivity contribution is 9.10. The van der Waals surface area contributed by atoms with Crippen LogP contribution in [0, 0.1) is 0 Å². The lowest BCUT2D eigenvalue weighted by Crippen LogP contribution is -2.13. The fourth-order valence-corrected chi connectivity index (χ4v) is 3.63. The molecule has 1 aromatic heterocycles. The van der Waals surface area contributed by atoms with Crippen LogP contribution in [0.4, 0.5) is 5.82 Å². The molecule has 2 aromatic carbocycles. The van der Waals surface area contributed by atoms with Crippen LogP contribution < -0.4 is 5.32 Å². The van der Waals surface area contributed by atoms with Crippen LogP contribution in [0.15, 0.2) is 51.6 Å². The van der Waals surface area contributed by atoms with Crippen LogP contribution >= 0.6 is 15.9 Å². The number of hydrogen-bond acceptors (Lipinski definition) is 4. The molecule has 0 fully saturated rings. The predicted molar refractivity (Wildman–Crippen MR) is 98.5 cm³/mol. The van der Waals surface area contributed by atoms with Crippen molar-refractivity contribution in [3.8, 4) is 11.3 Å². The summed E-state index contributed by atoms with van der Waals surface area (Å²) in [6.07, 6.45) is 4.65. The first-order valence-corrected chi connectivity index (χ1v) is 9.02. The lowest BCUT2D eigenvalue weighted by molar-refractivity contribution is 0.102. The van der Waals surface area contributed by atoms with Crippen LogP contribution in [0.3, 0.4) is 0 Å². The lowest BCUT2D eigenvalue weighted by Gasteiger charge is -2.16. The maximum atomic E-state index is 12.5. The van der Waals surface area contributed by atoms with Crippen LogP contribution in [0.25, 0.3) is 11.3 Å². The molecule has 1 heterocycles. The zero-order chi connectivity index (χ0) is 17.2. The SMILES string of the molecule is O=C(Nc1nonc1-c1ccc2c(c1)CCCC2)c1ccccc1Br. The first kappa shape index (κ1) is 16.0. The second-order valence-electron chi connectivity index (χ2n) is 6.09. The van der Waals surface area contributed by atoms with Gasteiger partial charge in [0.2, 0.25) is 5.82 Å². The highest BCUT2D eigenvalue weighted by atomic mass is 79.9. The number of amides is 1. The van der Waals surface area contributed by atoms with E-state index >= 15 is 0 Å². The Labute approximate surface area is 153 Å². The predicted octanol–water partition coefficient (Wildman–Crippen LogP) is 4.63. The first-order valence-electron chi connectivity index (χ1n) is 8.23. The minimum absolute atomic E-state index is 0.262. The summed E-state index contributed by atoms with van der Waals surface area (Å²) in [5.41, 5.74) is 4.72. The minimum atomic E-state index is -0.262. The Bertz CT molecular complexity index is 936. The Kier molecular flexibility index (Phi) is 4.36. The van der Waals surface area contributed by atoms with E-state index in [2.05, 4.69) is 43.7 Å². The maximum Gasteiger partial charge on any atom is 0.258 e. The maximum absolute atomic E-state index is 12.5. The van der Waals surface area contributed by atoms with Crippen molar-refractivity contribution in [2.24, 2.45) is 0 Å². The monoisotopic (exact) mass is 397 g/mol. The van der Waals surface area contributed by atoms with Gasteiger partial charge in [-0.1, -0.05) is 24.3 Å². The smallest absolute Gasteiger partial charge is 0.258 e. The normalized spacial score (nSPS) is 13.3. The van der Waals surface area contributed by atoms with Gasteiger partial charge in [-0.3, -0.25) is 4.79 Å². The van der Waals surface area contributed by atoms with Gasteiger partial charge < -0.3 is 5.32 Å². The van der Waals surface area contributed by atoms with Crippen molar-refractivity contribution in [3.05, 3.63) is 63.6 Å². The second kappa shape index (κ2) is 6.80. The molecule has 1 aliphatic rings. The van der Waals surface area contributed by atoms with Crippen LogP contribution in [0.5, 0.6) is 0 Å². The van der Waals surface area contributed by atoms with Crippen molar-refractivity contribution >= 4 is 27.7 Å². The van der Waals surface area contributed by atoms with Crippen LogP contribution in [0.2, 0.25) is 0 Å². The molecular formula is C19H16BrN3O2. The molecule has 1 aliphatic carbocycles. The number of aryl methyl sites for hydroxylation is 2. The van der Waals surface area contributed by atoms with Crippen molar-refractivity contribution in [1.29, 1.82) is 0 Å². The van der Waals surface area contributed by atoms with Gasteiger partial charge >= 0.3 is 0 Å². The second-order valence-corrected chi connectivity index (χ2v) is 6.94. The van der Waals surface area contributed by atoms with Gasteiger partial charge in [0, 0.05) is 10.0 Å². The molecule has 3 aromatic rings. The number of nitrogens with zero attached hydrogens (tertiary/aromatic N) is 2. The largest absolute Gasteiger partial charge is 0.302 e. The molecule has 0 saturated heterocycles. The van der Waals surface area contributed by atoms with Gasteiger partial charge in [-0.25, -0.2) is 4.63 Å². The van der Waals surface area contributed by atoms with E-state index in [-0.39, 0.29) is 5.91 Å². The molecule has 5 nitrogen and oxygen atoms in total. The topological polar surface area (TPSA) is 68.0 Å². The van der Waals surface area contributed by atoms with Gasteiger partial charge in [-0.05, 0) is 81.3 Å². The quantitative estimate of drug-likeness (QED) is 0.699. The van der Waals surface area contributed by atoms with E-state index in [0.29, 0.717) is 17.1 Å². The average molecular weight is 398 g/mol. The average Bonchev–Trinajstić information content (AvgIpc) is 3.09. The highest BCUT2D eigenvalue weighted by Crippen LogP contribution is 2.30. The molecule has 25 heavy (non-hydrogen) atoms. The third kappa shape index (κ3) is 3.22. The summed E-state index contributed by atoms with van der Waals surface area (Å²) in [6.45, 7) is 0. The third-order valence-corrected chi connectivity index (χ3v) is 5.15. The minimum Gasteiger partial charge on any atom is -0.302 e. The fourth-order valence-electron chi connectivity index (χ4n) is 3.16. The summed E-state index contributed by atoms with van der Waals surface area (Å²) in [5.74, 6) is 0.0684. The van der Waals surface area contributed by atoms with Crippen molar-refractivity contribution in [1.82, 2.24) is 10.3 Å². The van der Waals surface area contributed by atoms with Crippen LogP contribution in [0.1, 0.15) is 34.3 Å². The molecule has 1 amide bonds. The van der Waals surface area contributed by atoms with Crippen molar-refractivity contribution in [2.45, 2.75) is 25.7 Å². The number of rotatable bonds is 3. The molecule has 0 aliphatic heterocycles. The van der Waals surface area contributed by atoms with Crippen molar-refractivity contribution < 1.29 is 9.42 Å². The molecule has 6 heteroatoms. The molecule has 0 unspecified atom stereocenters. The summed E-state index contributed by atoms with van der Waals surface area (Å²) < 4.78 is 5.61. The Morgan fingerprint density at radius 2 is 1.84 bits per heavy atom. The Balaban J connectivity index is 1.63. The van der Waals surface area contributed by atoms with Gasteiger partial charge in [0.1, 0.15) is 0 Å². The van der Waals surface area contributed by atoms with Gasteiger partial charge in [-0.15, -0.1) is 0 Å². The van der Waals surface area contributed by atoms with Gasteiger partial charge in [-0.2, -0.15) is 0 Å². The number of hydrogen-bond donors (Lipinski definition) is 1. The van der Waals surface area contributed by atoms with Crippen LogP contribution in [-0.2, 0) is 12.8 Å². The number of aromatic nitrogens is 2. The fraction of sp³-hybridized carbons (Fsp3) is 0.211. The lowest BCUT2D eigenvalue weighted by atomic mass is 9.90. The van der Waals surface area contributed by atoms with E-state index in [0.717, 1.165) is 22.9 Å². The molecule has 4 rings (SSSR count). The van der Waals surface area contributed by atoms with E-state index < -0.39 is 0 Å². The van der Waals surface area contributed by atoms with Crippen LogP contribution in [-0.4, -0.2) is 16.2 Å². The summed E-state index contributed by atoms with van der Waals surface area (Å²) >= 11 is 3.39. The Hall–Kier alpha value is -2.47. The van der Waals surface area contributed by atoms with Crippen molar-refractivity contribution in [3.63, 3.8) is 0 Å². The number of halogens is 1. The summed E-state index contributed by atoms with van der Waals surface area (Å²) in [5, 5.41) is 10.6. The van der Waals surface area contributed by atoms with Gasteiger partial charge in [0.05, 0.1) is 5.56 Å². The number of anilines is 1. The molecule has 0 bridgehead atoms. The molecule has 1 N–H and O–H groups in total. The number of benzene rings is 2. The summed E-state index contributed by atoms with van der Waals surface area (Å²) in [4.78, 5) is 12.5. The van der Waals surface area contributed by atoms with E-state index in [1.54, 1.807) is 6.07 Å². The summed E-state index contributed by atoms with van der Waals surface area (Å²) in [7, 11) is 0. The molecule has 0 atom stereocenters. The Morgan fingerprint density at radius 3 is 2.68 bits per heavy atom. The molecular weight excluding hydrogens is 382 g/mol. The van der Waals surface area contributed by atoms with E-state index in [4.69, 9.17) is 4.63 Å². The zero-order valence-corrected chi connectivity index (χ0v) is 15.0. The number of nitrogens with one attached hydrogen (secondary N) is 1. The number of fused-ring (bicyclic) bond motifs is 1. The van der Waals surface area contributed by atoms with E-state index in [9.17, 15) is 4.79 Å². The molecule has 126 valence electrons. The first-order chi connectivity index (χ1) is 12.2. The molecule has 0 saturated carbocycles. The van der Waals surface area contributed by atoms with Gasteiger partial charge in [0.15, 0.2) is 5.69 Å². The standard InChI is InChI=1S/C19H16BrN3O2/c20-16-8-4-3-7-15(16)19(24)21-18-17(22-25-23-18)14-10-9-12-5-1-2-6-13(12)11-14/h3-4,7-11H,1-2,5-6H2,(H,21,23,24). The van der Waals surface area contributed by atoms with E-state index in [1.165, 1.54) is 24.0 Å². The van der Waals surface area contributed by atoms with E-state index in [1.807, 2.05) is 24.3 Å². The highest BCUT2D eigenvalue weighted by Gasteiger charge is 2.19. The number of carbonyl (C=O) groups excluding carboxylic acids is 1. The molecule has 0 spiro atoms. The summed E-state index contributed by atoms with van der Waals surface area (Å²) in [6, 6.07) is 13.5. The Morgan fingerprint density at radius 1 is 1.04 bits per heavy atom. The molecule has 0 radical (unpaired) electrons. The zero-order valence-electron chi connectivity index (χ0n) is 13.5.